The van der Waals surface area contributed by atoms with Gasteiger partial charge in [0.25, 0.3) is 0 Å². The summed E-state index contributed by atoms with van der Waals surface area (Å²) in [5.41, 5.74) is 0. The SMILES string of the molecule is CCCO[PH]1(F)N=P(F)(Oc2ccccc2)N[PH](F)(OCCC)N1. The Hall–Kier alpha value is -0.260. The van der Waals surface area contributed by atoms with Gasteiger partial charge in [-0.3, -0.25) is 0 Å². The van der Waals surface area contributed by atoms with Gasteiger partial charge in [-0.05, 0) is 0 Å². The number of nitrogens with zero attached hydrogens (tertiary/aromatic N) is 1. The summed E-state index contributed by atoms with van der Waals surface area (Å²) in [5, 5.41) is 0. The molecule has 0 aliphatic carbocycles. The Morgan fingerprint density at radius 2 is 1.71 bits per heavy atom. The van der Waals surface area contributed by atoms with Crippen molar-refractivity contribution in [3.8, 4) is 5.75 Å². The Kier molecular flexibility index (Phi) is 7.03. The second kappa shape index (κ2) is 8.41. The van der Waals surface area contributed by atoms with E-state index in [1.54, 1.807) is 32.0 Å². The monoisotopic (exact) mass is 407 g/mol. The molecule has 1 aromatic carbocycles. The zero-order valence-corrected chi connectivity index (χ0v) is 16.4. The van der Waals surface area contributed by atoms with E-state index in [-0.39, 0.29) is 19.0 Å². The first-order chi connectivity index (χ1) is 11.3. The molecule has 1 unspecified atom stereocenters. The molecule has 2 rings (SSSR count). The van der Waals surface area contributed by atoms with Gasteiger partial charge in [0, 0.05) is 0 Å². The molecule has 0 aromatic heterocycles. The van der Waals surface area contributed by atoms with Crippen LogP contribution in [0.15, 0.2) is 34.8 Å². The molecule has 1 aromatic rings. The van der Waals surface area contributed by atoms with Crippen molar-refractivity contribution in [2.24, 2.45) is 4.52 Å². The standard InChI is InChI=1S/C12H23F3N3O3P3/c1-3-10-19-22(13)16-23(14,20-11-4-2)18-24(15,17-22)21-12-8-6-5-7-9-12/h5-9,16-17,22-23H,3-4,10-11H2,1-2H3. The van der Waals surface area contributed by atoms with Crippen molar-refractivity contribution in [2.45, 2.75) is 26.7 Å². The molecule has 140 valence electrons. The first-order valence-corrected chi connectivity index (χ1v) is 12.7. The molecule has 1 aliphatic rings. The van der Waals surface area contributed by atoms with Gasteiger partial charge in [0.05, 0.1) is 0 Å². The first-order valence-electron chi connectivity index (χ1n) is 7.64. The van der Waals surface area contributed by atoms with Crippen LogP contribution in [0.25, 0.3) is 0 Å². The molecular formula is C12H23F3N3O3P3. The van der Waals surface area contributed by atoms with Gasteiger partial charge in [0.2, 0.25) is 0 Å². The summed E-state index contributed by atoms with van der Waals surface area (Å²) in [5.74, 6) is 0.116. The van der Waals surface area contributed by atoms with E-state index in [2.05, 4.69) is 4.52 Å². The van der Waals surface area contributed by atoms with Crippen molar-refractivity contribution in [3.63, 3.8) is 0 Å². The molecule has 0 saturated carbocycles. The van der Waals surface area contributed by atoms with Crippen LogP contribution in [0.3, 0.4) is 0 Å². The van der Waals surface area contributed by atoms with Crippen LogP contribution in [0, 0.1) is 0 Å². The van der Waals surface area contributed by atoms with Crippen molar-refractivity contribution in [3.05, 3.63) is 30.3 Å². The van der Waals surface area contributed by atoms with Gasteiger partial charge in [0.1, 0.15) is 0 Å². The predicted molar refractivity (Wildman–Crippen MR) is 95.1 cm³/mol. The van der Waals surface area contributed by atoms with Crippen molar-refractivity contribution >= 4 is 23.9 Å². The molecule has 0 fully saturated rings. The number of hydrogen-bond acceptors (Lipinski definition) is 6. The fourth-order valence-corrected chi connectivity index (χ4v) is 11.0. The zero-order valence-electron chi connectivity index (χ0n) is 13.5. The van der Waals surface area contributed by atoms with Crippen molar-refractivity contribution in [1.82, 2.24) is 9.72 Å². The van der Waals surface area contributed by atoms with Crippen LogP contribution in [-0.4, -0.2) is 13.2 Å². The third-order valence-corrected chi connectivity index (χ3v) is 11.3. The van der Waals surface area contributed by atoms with E-state index < -0.39 is 23.9 Å². The number of hydrogen-bond donors (Lipinski definition) is 2. The van der Waals surface area contributed by atoms with Gasteiger partial charge < -0.3 is 0 Å². The Balaban J connectivity index is 2.31. The van der Waals surface area contributed by atoms with E-state index in [0.29, 0.717) is 12.8 Å². The minimum absolute atomic E-state index is 0.00627. The van der Waals surface area contributed by atoms with Crippen molar-refractivity contribution < 1.29 is 26.2 Å². The van der Waals surface area contributed by atoms with Gasteiger partial charge in [-0.2, -0.15) is 0 Å². The molecule has 12 heteroatoms. The van der Waals surface area contributed by atoms with E-state index in [1.807, 2.05) is 9.72 Å². The van der Waals surface area contributed by atoms with Gasteiger partial charge in [-0.1, -0.05) is 0 Å². The maximum atomic E-state index is 15.1. The number of nitrogens with one attached hydrogen (secondary N) is 2. The number of halogens is 3. The quantitative estimate of drug-likeness (QED) is 0.535. The second-order valence-electron chi connectivity index (χ2n) is 5.10. The molecule has 1 atom stereocenters. The maximum absolute atomic E-state index is 15.1. The molecule has 24 heavy (non-hydrogen) atoms. The fraction of sp³-hybridized carbons (Fsp3) is 0.500. The van der Waals surface area contributed by atoms with Crippen LogP contribution in [0.5, 0.6) is 5.75 Å². The summed E-state index contributed by atoms with van der Waals surface area (Å²) in [7, 11) is -13.8. The molecule has 1 aliphatic heterocycles. The first kappa shape index (κ1) is 20.1. The van der Waals surface area contributed by atoms with E-state index in [9.17, 15) is 8.39 Å². The van der Waals surface area contributed by atoms with E-state index in [0.717, 1.165) is 0 Å². The van der Waals surface area contributed by atoms with Gasteiger partial charge >= 0.3 is 140 Å². The van der Waals surface area contributed by atoms with Crippen molar-refractivity contribution in [2.75, 3.05) is 13.2 Å². The Morgan fingerprint density at radius 1 is 1.08 bits per heavy atom. The molecule has 1 heterocycles. The van der Waals surface area contributed by atoms with Crippen LogP contribution in [0.1, 0.15) is 26.7 Å². The molecule has 0 amide bonds. The summed E-state index contributed by atoms with van der Waals surface area (Å²) in [6.45, 7) is 3.51. The molecule has 0 saturated heterocycles. The third-order valence-electron chi connectivity index (χ3n) is 2.83. The molecule has 2 N–H and O–H groups in total. The van der Waals surface area contributed by atoms with Crippen LogP contribution in [-0.2, 0) is 9.05 Å². The average Bonchev–Trinajstić information content (AvgIpc) is 2.50. The van der Waals surface area contributed by atoms with Gasteiger partial charge in [0.15, 0.2) is 0 Å². The third kappa shape index (κ3) is 5.63. The van der Waals surface area contributed by atoms with E-state index in [4.69, 9.17) is 13.6 Å². The Morgan fingerprint density at radius 3 is 2.33 bits per heavy atom. The summed E-state index contributed by atoms with van der Waals surface area (Å²) in [6, 6.07) is 7.89. The topological polar surface area (TPSA) is 64.1 Å². The second-order valence-corrected chi connectivity index (χ2v) is 11.9. The van der Waals surface area contributed by atoms with Crippen molar-refractivity contribution in [1.29, 1.82) is 0 Å². The Bertz CT molecular complexity index is 601. The average molecular weight is 407 g/mol. The summed E-state index contributed by atoms with van der Waals surface area (Å²) in [4.78, 5) is 4.08. The fourth-order valence-electron chi connectivity index (χ4n) is 1.90. The van der Waals surface area contributed by atoms with E-state index >= 15 is 4.20 Å². The molecule has 0 bridgehead atoms. The molecule has 6 nitrogen and oxygen atoms in total. The summed E-state index contributed by atoms with van der Waals surface area (Å²) >= 11 is 0. The minimum atomic E-state index is -4.71. The van der Waals surface area contributed by atoms with E-state index in [1.165, 1.54) is 12.1 Å². The predicted octanol–water partition coefficient (Wildman–Crippen LogP) is 5.79. The zero-order chi connectivity index (χ0) is 17.7. The number of rotatable bonds is 8. The number of para-hydroxylation sites is 1. The van der Waals surface area contributed by atoms with Gasteiger partial charge in [-0.25, -0.2) is 0 Å². The van der Waals surface area contributed by atoms with Crippen LogP contribution < -0.4 is 14.2 Å². The molecule has 0 radical (unpaired) electrons. The van der Waals surface area contributed by atoms with Gasteiger partial charge in [-0.15, -0.1) is 0 Å². The normalized spacial score (nSPS) is 27.7. The van der Waals surface area contributed by atoms with Crippen LogP contribution in [0.2, 0.25) is 0 Å². The van der Waals surface area contributed by atoms with Crippen LogP contribution in [0.4, 0.5) is 12.6 Å². The molecular weight excluding hydrogens is 384 g/mol. The van der Waals surface area contributed by atoms with Crippen LogP contribution >= 0.6 is 23.9 Å². The summed E-state index contributed by atoms with van der Waals surface area (Å²) < 4.78 is 63.6. The summed E-state index contributed by atoms with van der Waals surface area (Å²) in [6.07, 6.45) is 0.977. The molecule has 0 spiro atoms. The Labute approximate surface area is 141 Å². The number of benzene rings is 1.